The Morgan fingerprint density at radius 2 is 1.74 bits per heavy atom. The first-order chi connectivity index (χ1) is 16.8. The number of rotatable bonds is 9. The molecule has 0 spiro atoms. The molecule has 3 aromatic rings. The minimum Gasteiger partial charge on any atom is -0.495 e. The summed E-state index contributed by atoms with van der Waals surface area (Å²) in [7, 11) is 4.54. The summed E-state index contributed by atoms with van der Waals surface area (Å²) in [4.78, 5) is 34.8. The topological polar surface area (TPSA) is 93.7 Å². The first-order valence-corrected chi connectivity index (χ1v) is 11.2. The number of benzene rings is 2. The Hall–Kier alpha value is -3.62. The summed E-state index contributed by atoms with van der Waals surface area (Å²) in [6.45, 7) is 3.48. The highest BCUT2D eigenvalue weighted by atomic mass is 35.5. The molecule has 182 valence electrons. The van der Waals surface area contributed by atoms with Crippen molar-refractivity contribution < 1.29 is 19.1 Å². The Balaban J connectivity index is 1.83. The molecule has 0 unspecified atom stereocenters. The summed E-state index contributed by atoms with van der Waals surface area (Å²) in [6.07, 6.45) is 2.90. The summed E-state index contributed by atoms with van der Waals surface area (Å²) < 4.78 is 10.6. The Morgan fingerprint density at radius 1 is 1.09 bits per heavy atom. The van der Waals surface area contributed by atoms with Crippen molar-refractivity contribution >= 4 is 46.5 Å². The van der Waals surface area contributed by atoms with Crippen LogP contribution in [0.3, 0.4) is 0 Å². The van der Waals surface area contributed by atoms with Gasteiger partial charge in [-0.15, -0.1) is 0 Å². The summed E-state index contributed by atoms with van der Waals surface area (Å²) in [5.41, 5.74) is 2.55. The maximum absolute atomic E-state index is 13.1. The zero-order valence-corrected chi connectivity index (χ0v) is 21.0. The molecule has 0 aliphatic heterocycles. The van der Waals surface area contributed by atoms with Gasteiger partial charge < -0.3 is 14.8 Å². The maximum Gasteiger partial charge on any atom is 0.247 e. The molecule has 2 aromatic carbocycles. The van der Waals surface area contributed by atoms with Crippen molar-refractivity contribution in [1.29, 1.82) is 0 Å². The monoisotopic (exact) mass is 514 g/mol. The van der Waals surface area contributed by atoms with Gasteiger partial charge in [-0.1, -0.05) is 48.0 Å². The Labute approximate surface area is 213 Å². The van der Waals surface area contributed by atoms with Crippen molar-refractivity contribution in [3.05, 3.63) is 82.2 Å². The lowest BCUT2D eigenvalue weighted by atomic mass is 10.1. The number of nitrogens with one attached hydrogen (secondary N) is 1. The van der Waals surface area contributed by atoms with Gasteiger partial charge in [-0.25, -0.2) is 9.97 Å². The molecule has 0 atom stereocenters. The Morgan fingerprint density at radius 3 is 2.37 bits per heavy atom. The molecule has 0 fully saturated rings. The van der Waals surface area contributed by atoms with Gasteiger partial charge in [0.05, 0.1) is 36.4 Å². The molecule has 2 amide bonds. The van der Waals surface area contributed by atoms with E-state index in [2.05, 4.69) is 21.9 Å². The summed E-state index contributed by atoms with van der Waals surface area (Å²) in [5.74, 6) is 0.495. The Kier molecular flexibility index (Phi) is 8.68. The normalized spacial score (nSPS) is 10.4. The quantitative estimate of drug-likeness (QED) is 0.415. The molecule has 0 bridgehead atoms. The first-order valence-electron chi connectivity index (χ1n) is 10.5. The van der Waals surface area contributed by atoms with Crippen LogP contribution in [0.1, 0.15) is 16.8 Å². The standard InChI is InChI=1S/C25H24Cl2N4O4/c1-5-22(32)30-18-9-7-6-8-15(18)10-16-11-21(29-14-28-16)31(2)23(33)12-17-24(26)19(34-3)13-20(35-4)25(17)27/h5-9,11,13-14H,1,10,12H2,2-4H3,(H,30,32). The van der Waals surface area contributed by atoms with E-state index in [-0.39, 0.29) is 28.3 Å². The number of amides is 2. The molecule has 1 heterocycles. The van der Waals surface area contributed by atoms with Gasteiger partial charge in [-0.3, -0.25) is 14.5 Å². The smallest absolute Gasteiger partial charge is 0.247 e. The van der Waals surface area contributed by atoms with Gasteiger partial charge in [0, 0.05) is 36.9 Å². The minimum atomic E-state index is -0.308. The average molecular weight is 515 g/mol. The number of halogens is 2. The number of ether oxygens (including phenoxy) is 2. The zero-order valence-electron chi connectivity index (χ0n) is 19.5. The molecule has 1 aromatic heterocycles. The van der Waals surface area contributed by atoms with Crippen LogP contribution in [0, 0.1) is 0 Å². The average Bonchev–Trinajstić information content (AvgIpc) is 2.87. The van der Waals surface area contributed by atoms with E-state index in [0.29, 0.717) is 40.7 Å². The van der Waals surface area contributed by atoms with Gasteiger partial charge in [0.25, 0.3) is 0 Å². The SMILES string of the molecule is C=CC(=O)Nc1ccccc1Cc1cc(N(C)C(=O)Cc2c(Cl)c(OC)cc(OC)c2Cl)ncn1. The number of likely N-dealkylation sites (N-methyl/N-ethyl adjacent to an activating group) is 1. The fourth-order valence-electron chi connectivity index (χ4n) is 3.33. The lowest BCUT2D eigenvalue weighted by Gasteiger charge is -2.19. The van der Waals surface area contributed by atoms with Crippen LogP contribution in [-0.2, 0) is 22.4 Å². The van der Waals surface area contributed by atoms with Gasteiger partial charge >= 0.3 is 0 Å². The van der Waals surface area contributed by atoms with Crippen LogP contribution < -0.4 is 19.7 Å². The highest BCUT2D eigenvalue weighted by Gasteiger charge is 2.22. The first kappa shape index (κ1) is 26.0. The molecule has 0 saturated carbocycles. The van der Waals surface area contributed by atoms with Gasteiger partial charge in [0.15, 0.2) is 0 Å². The van der Waals surface area contributed by atoms with Crippen LogP contribution in [0.2, 0.25) is 10.0 Å². The van der Waals surface area contributed by atoms with Crippen LogP contribution in [0.25, 0.3) is 0 Å². The van der Waals surface area contributed by atoms with Crippen molar-refractivity contribution in [3.63, 3.8) is 0 Å². The summed E-state index contributed by atoms with van der Waals surface area (Å²) >= 11 is 12.8. The fraction of sp³-hybridized carbons (Fsp3) is 0.200. The van der Waals surface area contributed by atoms with E-state index in [9.17, 15) is 9.59 Å². The van der Waals surface area contributed by atoms with Gasteiger partial charge in [-0.05, 0) is 17.7 Å². The van der Waals surface area contributed by atoms with Crippen molar-refractivity contribution in [2.75, 3.05) is 31.5 Å². The fourth-order valence-corrected chi connectivity index (χ4v) is 3.96. The number of hydrogen-bond donors (Lipinski definition) is 1. The van der Waals surface area contributed by atoms with Crippen LogP contribution in [0.4, 0.5) is 11.5 Å². The second-order valence-electron chi connectivity index (χ2n) is 7.41. The Bertz CT molecular complexity index is 1240. The molecular formula is C25H24Cl2N4O4. The molecule has 0 saturated heterocycles. The zero-order chi connectivity index (χ0) is 25.5. The number of hydrogen-bond acceptors (Lipinski definition) is 6. The molecule has 8 nitrogen and oxygen atoms in total. The third-order valence-corrected chi connectivity index (χ3v) is 6.08. The number of anilines is 2. The molecule has 3 rings (SSSR count). The van der Waals surface area contributed by atoms with E-state index in [0.717, 1.165) is 5.56 Å². The highest BCUT2D eigenvalue weighted by molar-refractivity contribution is 6.38. The van der Waals surface area contributed by atoms with Crippen LogP contribution in [0.15, 0.2) is 55.4 Å². The largest absolute Gasteiger partial charge is 0.495 e. The molecule has 1 N–H and O–H groups in total. The van der Waals surface area contributed by atoms with E-state index >= 15 is 0 Å². The lowest BCUT2D eigenvalue weighted by Crippen LogP contribution is -2.29. The van der Waals surface area contributed by atoms with Gasteiger partial charge in [0.1, 0.15) is 23.6 Å². The van der Waals surface area contributed by atoms with Crippen LogP contribution in [0.5, 0.6) is 11.5 Å². The number of aromatic nitrogens is 2. The predicted molar refractivity (Wildman–Crippen MR) is 137 cm³/mol. The number of methoxy groups -OCH3 is 2. The van der Waals surface area contributed by atoms with Crippen molar-refractivity contribution in [3.8, 4) is 11.5 Å². The van der Waals surface area contributed by atoms with Gasteiger partial charge in [0.2, 0.25) is 11.8 Å². The van der Waals surface area contributed by atoms with Crippen molar-refractivity contribution in [2.45, 2.75) is 12.8 Å². The summed E-state index contributed by atoms with van der Waals surface area (Å²) in [6, 6.07) is 10.6. The number of carbonyl (C=O) groups excluding carboxylic acids is 2. The van der Waals surface area contributed by atoms with E-state index in [1.165, 1.54) is 31.5 Å². The van der Waals surface area contributed by atoms with Crippen LogP contribution >= 0.6 is 23.2 Å². The van der Waals surface area contributed by atoms with Crippen molar-refractivity contribution in [2.24, 2.45) is 0 Å². The molecule has 35 heavy (non-hydrogen) atoms. The third-order valence-electron chi connectivity index (χ3n) is 5.25. The van der Waals surface area contributed by atoms with E-state index in [1.54, 1.807) is 25.2 Å². The van der Waals surface area contributed by atoms with E-state index < -0.39 is 0 Å². The number of carbonyl (C=O) groups is 2. The molecule has 0 aliphatic rings. The van der Waals surface area contributed by atoms with E-state index in [4.69, 9.17) is 32.7 Å². The molecule has 10 heteroatoms. The molecule has 0 radical (unpaired) electrons. The van der Waals surface area contributed by atoms with Gasteiger partial charge in [-0.2, -0.15) is 0 Å². The molecule has 0 aliphatic carbocycles. The lowest BCUT2D eigenvalue weighted by molar-refractivity contribution is -0.117. The highest BCUT2D eigenvalue weighted by Crippen LogP contribution is 2.40. The third kappa shape index (κ3) is 6.09. The van der Waals surface area contributed by atoms with Crippen LogP contribution in [-0.4, -0.2) is 43.0 Å². The maximum atomic E-state index is 13.1. The molecular weight excluding hydrogens is 491 g/mol. The van der Waals surface area contributed by atoms with Crippen molar-refractivity contribution in [1.82, 2.24) is 9.97 Å². The minimum absolute atomic E-state index is 0.0997. The second kappa shape index (κ2) is 11.7. The summed E-state index contributed by atoms with van der Waals surface area (Å²) in [5, 5.41) is 3.26. The second-order valence-corrected chi connectivity index (χ2v) is 8.17. The number of nitrogens with zero attached hydrogens (tertiary/aromatic N) is 3. The van der Waals surface area contributed by atoms with E-state index in [1.807, 2.05) is 18.2 Å². The number of para-hydroxylation sites is 1. The predicted octanol–water partition coefficient (Wildman–Crippen LogP) is 4.72.